The van der Waals surface area contributed by atoms with E-state index in [0.717, 1.165) is 11.0 Å². The molecule has 2 aromatic rings. The Balaban J connectivity index is 2.19. The number of halogens is 1. The van der Waals surface area contributed by atoms with E-state index < -0.39 is 0 Å². The van der Waals surface area contributed by atoms with Gasteiger partial charge in [0.15, 0.2) is 5.13 Å². The largest absolute Gasteiger partial charge is 0.497 e. The average molecular weight is 371 g/mol. The standard InChI is InChI=1S/C13H15BrN4O2S/c1-3-16-13-18-11(15)10(21-13)12(19)17-8-4-7(14)5-9(6-8)20-2/h4-6H,3,15H2,1-2H3,(H,16,18)(H,17,19). The second-order valence-corrected chi connectivity index (χ2v) is 6.01. The Morgan fingerprint density at radius 3 is 2.90 bits per heavy atom. The van der Waals surface area contributed by atoms with E-state index >= 15 is 0 Å². The highest BCUT2D eigenvalue weighted by atomic mass is 79.9. The molecular weight excluding hydrogens is 356 g/mol. The Bertz CT molecular complexity index is 660. The number of nitrogen functional groups attached to an aromatic ring is 1. The van der Waals surface area contributed by atoms with Crippen molar-refractivity contribution in [3.05, 3.63) is 27.5 Å². The summed E-state index contributed by atoms with van der Waals surface area (Å²) >= 11 is 4.59. The lowest BCUT2D eigenvalue weighted by Gasteiger charge is -2.07. The van der Waals surface area contributed by atoms with Crippen LogP contribution in [-0.2, 0) is 0 Å². The van der Waals surface area contributed by atoms with Crippen molar-refractivity contribution >= 4 is 49.8 Å². The van der Waals surface area contributed by atoms with Gasteiger partial charge < -0.3 is 21.1 Å². The number of rotatable bonds is 5. The summed E-state index contributed by atoms with van der Waals surface area (Å²) in [6.07, 6.45) is 0. The number of hydrogen-bond donors (Lipinski definition) is 3. The van der Waals surface area contributed by atoms with Gasteiger partial charge in [0.05, 0.1) is 7.11 Å². The number of benzene rings is 1. The van der Waals surface area contributed by atoms with Crippen molar-refractivity contribution in [3.8, 4) is 5.75 Å². The lowest BCUT2D eigenvalue weighted by atomic mass is 10.3. The fraction of sp³-hybridized carbons (Fsp3) is 0.231. The number of aromatic nitrogens is 1. The first-order valence-corrected chi connectivity index (χ1v) is 7.80. The van der Waals surface area contributed by atoms with Gasteiger partial charge in [0, 0.05) is 22.8 Å². The van der Waals surface area contributed by atoms with Gasteiger partial charge in [0.2, 0.25) is 0 Å². The molecular formula is C13H15BrN4O2S. The average Bonchev–Trinajstić information content (AvgIpc) is 2.79. The molecule has 0 saturated carbocycles. The lowest BCUT2D eigenvalue weighted by Crippen LogP contribution is -2.12. The second kappa shape index (κ2) is 6.77. The molecule has 0 radical (unpaired) electrons. The summed E-state index contributed by atoms with van der Waals surface area (Å²) in [7, 11) is 1.57. The molecule has 1 aromatic heterocycles. The topological polar surface area (TPSA) is 89.3 Å². The molecule has 21 heavy (non-hydrogen) atoms. The van der Waals surface area contributed by atoms with E-state index in [4.69, 9.17) is 10.5 Å². The van der Waals surface area contributed by atoms with Crippen LogP contribution in [0.25, 0.3) is 0 Å². The minimum atomic E-state index is -0.297. The van der Waals surface area contributed by atoms with Crippen molar-refractivity contribution in [2.24, 2.45) is 0 Å². The third-order valence-electron chi connectivity index (χ3n) is 2.55. The van der Waals surface area contributed by atoms with Crippen LogP contribution in [0, 0.1) is 0 Å². The minimum absolute atomic E-state index is 0.218. The predicted octanol–water partition coefficient (Wildman–Crippen LogP) is 3.18. The van der Waals surface area contributed by atoms with E-state index in [-0.39, 0.29) is 11.7 Å². The zero-order valence-electron chi connectivity index (χ0n) is 11.6. The fourth-order valence-corrected chi connectivity index (χ4v) is 2.98. The van der Waals surface area contributed by atoms with Crippen LogP contribution in [0.5, 0.6) is 5.75 Å². The highest BCUT2D eigenvalue weighted by Crippen LogP contribution is 2.28. The molecule has 0 fully saturated rings. The van der Waals surface area contributed by atoms with Gasteiger partial charge in [-0.25, -0.2) is 4.98 Å². The molecule has 0 aliphatic heterocycles. The van der Waals surface area contributed by atoms with E-state index in [0.29, 0.717) is 21.4 Å². The quantitative estimate of drug-likeness (QED) is 0.751. The van der Waals surface area contributed by atoms with Crippen LogP contribution >= 0.6 is 27.3 Å². The normalized spacial score (nSPS) is 10.2. The summed E-state index contributed by atoms with van der Waals surface area (Å²) in [4.78, 5) is 16.7. The Kier molecular flexibility index (Phi) is 5.03. The van der Waals surface area contributed by atoms with Crippen molar-refractivity contribution in [2.75, 3.05) is 30.0 Å². The van der Waals surface area contributed by atoms with Crippen LogP contribution in [0.1, 0.15) is 16.6 Å². The van der Waals surface area contributed by atoms with Crippen molar-refractivity contribution in [3.63, 3.8) is 0 Å². The Labute approximate surface area is 134 Å². The smallest absolute Gasteiger partial charge is 0.269 e. The number of anilines is 3. The first kappa shape index (κ1) is 15.6. The van der Waals surface area contributed by atoms with Crippen molar-refractivity contribution < 1.29 is 9.53 Å². The van der Waals surface area contributed by atoms with Crippen LogP contribution < -0.4 is 21.1 Å². The van der Waals surface area contributed by atoms with Gasteiger partial charge in [-0.3, -0.25) is 4.79 Å². The maximum atomic E-state index is 12.3. The Hall–Kier alpha value is -1.80. The third-order valence-corrected chi connectivity index (χ3v) is 4.04. The monoisotopic (exact) mass is 370 g/mol. The number of methoxy groups -OCH3 is 1. The first-order chi connectivity index (χ1) is 10.0. The number of carbonyl (C=O) groups excluding carboxylic acids is 1. The molecule has 0 aliphatic carbocycles. The number of nitrogens with two attached hydrogens (primary N) is 1. The van der Waals surface area contributed by atoms with Crippen LogP contribution in [-0.4, -0.2) is 24.5 Å². The van der Waals surface area contributed by atoms with Gasteiger partial charge >= 0.3 is 0 Å². The van der Waals surface area contributed by atoms with Crippen molar-refractivity contribution in [1.29, 1.82) is 0 Å². The van der Waals surface area contributed by atoms with Crippen molar-refractivity contribution in [2.45, 2.75) is 6.92 Å². The first-order valence-electron chi connectivity index (χ1n) is 6.19. The van der Waals surface area contributed by atoms with Gasteiger partial charge in [-0.15, -0.1) is 0 Å². The molecule has 1 aromatic carbocycles. The molecule has 0 spiro atoms. The number of carbonyl (C=O) groups is 1. The number of amides is 1. The van der Waals surface area contributed by atoms with E-state index in [1.54, 1.807) is 25.3 Å². The van der Waals surface area contributed by atoms with Crippen LogP contribution in [0.15, 0.2) is 22.7 Å². The molecule has 1 heterocycles. The Morgan fingerprint density at radius 2 is 2.24 bits per heavy atom. The molecule has 8 heteroatoms. The maximum Gasteiger partial charge on any atom is 0.269 e. The zero-order chi connectivity index (χ0) is 15.4. The van der Waals surface area contributed by atoms with Gasteiger partial charge in [-0.05, 0) is 19.1 Å². The molecule has 0 bridgehead atoms. The molecule has 112 valence electrons. The van der Waals surface area contributed by atoms with Crippen molar-refractivity contribution in [1.82, 2.24) is 4.98 Å². The third kappa shape index (κ3) is 3.85. The lowest BCUT2D eigenvalue weighted by molar-refractivity contribution is 0.103. The highest BCUT2D eigenvalue weighted by Gasteiger charge is 2.16. The molecule has 6 nitrogen and oxygen atoms in total. The summed E-state index contributed by atoms with van der Waals surface area (Å²) in [5, 5.41) is 6.45. The number of nitrogens with zero attached hydrogens (tertiary/aromatic N) is 1. The van der Waals surface area contributed by atoms with Gasteiger partial charge in [0.25, 0.3) is 5.91 Å². The maximum absolute atomic E-state index is 12.3. The summed E-state index contributed by atoms with van der Waals surface area (Å²) in [6.45, 7) is 2.67. The summed E-state index contributed by atoms with van der Waals surface area (Å²) in [5.41, 5.74) is 6.39. The van der Waals surface area contributed by atoms with Crippen LogP contribution in [0.3, 0.4) is 0 Å². The zero-order valence-corrected chi connectivity index (χ0v) is 14.0. The number of ether oxygens (including phenoxy) is 1. The van der Waals surface area contributed by atoms with Crippen LogP contribution in [0.4, 0.5) is 16.6 Å². The molecule has 4 N–H and O–H groups in total. The SMILES string of the molecule is CCNc1nc(N)c(C(=O)Nc2cc(Br)cc(OC)c2)s1. The van der Waals surface area contributed by atoms with Crippen LogP contribution in [0.2, 0.25) is 0 Å². The molecule has 0 atom stereocenters. The van der Waals surface area contributed by atoms with E-state index in [9.17, 15) is 4.79 Å². The van der Waals surface area contributed by atoms with E-state index in [1.807, 2.05) is 6.92 Å². The van der Waals surface area contributed by atoms with Gasteiger partial charge in [-0.1, -0.05) is 27.3 Å². The number of nitrogens with one attached hydrogen (secondary N) is 2. The summed E-state index contributed by atoms with van der Waals surface area (Å²) in [5.74, 6) is 0.565. The number of thiazole rings is 1. The molecule has 0 saturated heterocycles. The molecule has 0 aliphatic rings. The van der Waals surface area contributed by atoms with Gasteiger partial charge in [0.1, 0.15) is 16.4 Å². The highest BCUT2D eigenvalue weighted by molar-refractivity contribution is 9.10. The molecule has 2 rings (SSSR count). The number of hydrogen-bond acceptors (Lipinski definition) is 6. The molecule has 0 unspecified atom stereocenters. The van der Waals surface area contributed by atoms with E-state index in [1.165, 1.54) is 11.3 Å². The minimum Gasteiger partial charge on any atom is -0.497 e. The predicted molar refractivity (Wildman–Crippen MR) is 89.3 cm³/mol. The summed E-state index contributed by atoms with van der Waals surface area (Å²) in [6, 6.07) is 5.31. The van der Waals surface area contributed by atoms with E-state index in [2.05, 4.69) is 31.5 Å². The summed E-state index contributed by atoms with van der Waals surface area (Å²) < 4.78 is 5.97. The second-order valence-electron chi connectivity index (χ2n) is 4.10. The van der Waals surface area contributed by atoms with Gasteiger partial charge in [-0.2, -0.15) is 0 Å². The fourth-order valence-electron chi connectivity index (χ4n) is 1.66. The molecule has 1 amide bonds. The Morgan fingerprint density at radius 1 is 1.48 bits per heavy atom.